The number of nitrogens with zero attached hydrogens (tertiary/aromatic N) is 2. The quantitative estimate of drug-likeness (QED) is 0.136. The van der Waals surface area contributed by atoms with Crippen LogP contribution in [-0.4, -0.2) is 45.3 Å². The fourth-order valence-electron chi connectivity index (χ4n) is 3.98. The first-order valence-corrected chi connectivity index (χ1v) is 11.7. The minimum Gasteiger partial charge on any atom is -0.460 e. The minimum atomic E-state index is -1.35. The molecule has 2 aromatic carbocycles. The number of nitro benzene ring substituents is 2. The topological polar surface area (TPSA) is 194 Å². The van der Waals surface area contributed by atoms with E-state index in [1.807, 2.05) is 0 Å². The van der Waals surface area contributed by atoms with Crippen molar-refractivity contribution in [2.45, 2.75) is 51.5 Å². The number of amides is 1. The Bertz CT molecular complexity index is 1270. The van der Waals surface area contributed by atoms with Crippen LogP contribution in [0.15, 0.2) is 48.5 Å². The van der Waals surface area contributed by atoms with Gasteiger partial charge in [0.2, 0.25) is 5.91 Å². The highest BCUT2D eigenvalue weighted by Crippen LogP contribution is 2.33. The first-order chi connectivity index (χ1) is 18.4. The van der Waals surface area contributed by atoms with Gasteiger partial charge in [-0.1, -0.05) is 0 Å². The van der Waals surface area contributed by atoms with Crippen molar-refractivity contribution >= 4 is 35.2 Å². The minimum absolute atomic E-state index is 0.109. The van der Waals surface area contributed by atoms with E-state index in [9.17, 15) is 39.4 Å². The van der Waals surface area contributed by atoms with Crippen LogP contribution in [-0.2, 0) is 41.8 Å². The van der Waals surface area contributed by atoms with E-state index < -0.39 is 57.6 Å². The normalized spacial score (nSPS) is 16.3. The number of esters is 1. The van der Waals surface area contributed by atoms with Gasteiger partial charge in [0.05, 0.1) is 21.8 Å². The van der Waals surface area contributed by atoms with Gasteiger partial charge in [-0.05, 0) is 49.2 Å². The molecule has 0 aromatic heterocycles. The van der Waals surface area contributed by atoms with E-state index in [1.165, 1.54) is 62.4 Å². The number of nitrogens with one attached hydrogen (secondary N) is 1. The maximum atomic E-state index is 12.4. The summed E-state index contributed by atoms with van der Waals surface area (Å²) in [6.07, 6.45) is -1.82. The molecule has 0 saturated carbocycles. The monoisotopic (exact) mass is 543 g/mol. The van der Waals surface area contributed by atoms with Crippen LogP contribution in [0.3, 0.4) is 0 Å². The van der Waals surface area contributed by atoms with Crippen molar-refractivity contribution in [2.24, 2.45) is 5.92 Å². The van der Waals surface area contributed by atoms with Gasteiger partial charge in [-0.25, -0.2) is 4.79 Å². The largest absolute Gasteiger partial charge is 0.509 e. The van der Waals surface area contributed by atoms with Gasteiger partial charge >= 0.3 is 12.1 Å². The number of benzene rings is 2. The molecule has 0 radical (unpaired) electrons. The zero-order chi connectivity index (χ0) is 28.7. The number of hydrogen-bond donors (Lipinski definition) is 1. The number of ether oxygens (including phenoxy) is 3. The van der Waals surface area contributed by atoms with Crippen LogP contribution in [0.4, 0.5) is 16.2 Å². The van der Waals surface area contributed by atoms with Gasteiger partial charge in [0.25, 0.3) is 11.4 Å². The van der Waals surface area contributed by atoms with E-state index in [0.717, 1.165) is 0 Å². The third-order valence-corrected chi connectivity index (χ3v) is 5.95. The van der Waals surface area contributed by atoms with E-state index in [4.69, 9.17) is 14.2 Å². The fourth-order valence-corrected chi connectivity index (χ4v) is 3.98. The summed E-state index contributed by atoms with van der Waals surface area (Å²) in [5, 5.41) is 24.0. The number of nitro groups is 2. The van der Waals surface area contributed by atoms with Crippen molar-refractivity contribution in [3.05, 3.63) is 79.9 Å². The van der Waals surface area contributed by atoms with E-state index in [0.29, 0.717) is 11.1 Å². The average Bonchev–Trinajstić information content (AvgIpc) is 2.85. The molecule has 14 nitrogen and oxygen atoms in total. The molecule has 1 aliphatic rings. The summed E-state index contributed by atoms with van der Waals surface area (Å²) >= 11 is 0. The Hall–Kier alpha value is -4.88. The molecule has 14 heteroatoms. The maximum Gasteiger partial charge on any atom is 0.509 e. The van der Waals surface area contributed by atoms with Crippen LogP contribution in [0.25, 0.3) is 0 Å². The second-order valence-corrected chi connectivity index (χ2v) is 9.26. The van der Waals surface area contributed by atoms with Gasteiger partial charge in [0.1, 0.15) is 31.0 Å². The van der Waals surface area contributed by atoms with Crippen molar-refractivity contribution < 1.29 is 43.2 Å². The number of non-ortho nitro benzene ring substituents is 2. The summed E-state index contributed by atoms with van der Waals surface area (Å²) in [5.74, 6) is -2.63. The Morgan fingerprint density at radius 2 is 1.36 bits per heavy atom. The van der Waals surface area contributed by atoms with E-state index >= 15 is 0 Å². The fraction of sp³-hybridized carbons (Fsp3) is 0.360. The van der Waals surface area contributed by atoms with Crippen LogP contribution in [0.2, 0.25) is 0 Å². The lowest BCUT2D eigenvalue weighted by molar-refractivity contribution is -0.385. The number of carbonyl (C=O) groups is 4. The second kappa shape index (κ2) is 12.1. The maximum absolute atomic E-state index is 12.4. The number of β-lactam (4-membered cyclic amide) rings is 1. The zero-order valence-electron chi connectivity index (χ0n) is 21.0. The van der Waals surface area contributed by atoms with Gasteiger partial charge in [-0.15, -0.1) is 0 Å². The van der Waals surface area contributed by atoms with Crippen molar-refractivity contribution in [3.63, 3.8) is 0 Å². The summed E-state index contributed by atoms with van der Waals surface area (Å²) in [5.41, 5.74) is -0.581. The molecule has 0 unspecified atom stereocenters. The Kier molecular flexibility index (Phi) is 8.91. The summed E-state index contributed by atoms with van der Waals surface area (Å²) in [6, 6.07) is 10.1. The van der Waals surface area contributed by atoms with Crippen LogP contribution in [0.1, 0.15) is 37.8 Å². The third-order valence-electron chi connectivity index (χ3n) is 5.95. The van der Waals surface area contributed by atoms with Gasteiger partial charge in [-0.2, -0.15) is 0 Å². The predicted molar refractivity (Wildman–Crippen MR) is 131 cm³/mol. The molecule has 0 bridgehead atoms. The summed E-state index contributed by atoms with van der Waals surface area (Å²) in [6.45, 7) is 2.59. The van der Waals surface area contributed by atoms with Crippen LogP contribution < -0.4 is 5.32 Å². The number of rotatable bonds is 12. The smallest absolute Gasteiger partial charge is 0.460 e. The molecule has 206 valence electrons. The molecule has 0 spiro atoms. The first-order valence-electron chi connectivity index (χ1n) is 11.7. The summed E-state index contributed by atoms with van der Waals surface area (Å²) in [7, 11) is 0. The van der Waals surface area contributed by atoms with Crippen molar-refractivity contribution in [3.8, 4) is 0 Å². The molecule has 2 aromatic rings. The van der Waals surface area contributed by atoms with Crippen molar-refractivity contribution in [1.29, 1.82) is 0 Å². The summed E-state index contributed by atoms with van der Waals surface area (Å²) < 4.78 is 15.4. The number of Topliss-reactive ketones (excluding diaryl/α,β-unsaturated/α-hetero) is 1. The van der Waals surface area contributed by atoms with Gasteiger partial charge in [-0.3, -0.25) is 34.6 Å². The highest BCUT2D eigenvalue weighted by Gasteiger charge is 2.52. The highest BCUT2D eigenvalue weighted by molar-refractivity contribution is 5.97. The molecule has 1 heterocycles. The molecule has 1 fully saturated rings. The standard InChI is InChI=1S/C25H25N3O11/c1-25(2,39-24(32)38-14-16-5-9-18(10-6-16)28(35)36)22-20(26-23(22)31)11-19(29)12-21(30)37-13-15-3-7-17(8-4-15)27(33)34/h3-10,20,22H,11-14H2,1-2H3,(H,26,31)/t20-,22+/m1/s1. The molecular weight excluding hydrogens is 518 g/mol. The predicted octanol–water partition coefficient (Wildman–Crippen LogP) is 3.14. The molecule has 1 amide bonds. The molecular formula is C25H25N3O11. The Morgan fingerprint density at radius 1 is 0.872 bits per heavy atom. The average molecular weight is 543 g/mol. The molecule has 1 saturated heterocycles. The second-order valence-electron chi connectivity index (χ2n) is 9.26. The summed E-state index contributed by atoms with van der Waals surface area (Å²) in [4.78, 5) is 69.2. The molecule has 3 rings (SSSR count). The van der Waals surface area contributed by atoms with Crippen molar-refractivity contribution in [1.82, 2.24) is 5.32 Å². The van der Waals surface area contributed by atoms with Gasteiger partial charge < -0.3 is 19.5 Å². The van der Waals surface area contributed by atoms with Crippen LogP contribution in [0.5, 0.6) is 0 Å². The molecule has 1 aliphatic heterocycles. The van der Waals surface area contributed by atoms with E-state index in [2.05, 4.69) is 5.32 Å². The van der Waals surface area contributed by atoms with Gasteiger partial charge in [0.15, 0.2) is 0 Å². The zero-order valence-corrected chi connectivity index (χ0v) is 21.0. The molecule has 0 aliphatic carbocycles. The van der Waals surface area contributed by atoms with E-state index in [-0.39, 0.29) is 31.0 Å². The number of ketones is 1. The Morgan fingerprint density at radius 3 is 1.82 bits per heavy atom. The number of carbonyl (C=O) groups excluding carboxylic acids is 4. The molecule has 2 atom stereocenters. The lowest BCUT2D eigenvalue weighted by Crippen LogP contribution is -2.66. The Balaban J connectivity index is 1.45. The Labute approximate surface area is 221 Å². The van der Waals surface area contributed by atoms with Crippen LogP contribution >= 0.6 is 0 Å². The molecule has 39 heavy (non-hydrogen) atoms. The molecule has 1 N–H and O–H groups in total. The van der Waals surface area contributed by atoms with Gasteiger partial charge in [0, 0.05) is 30.7 Å². The van der Waals surface area contributed by atoms with Crippen LogP contribution in [0, 0.1) is 26.1 Å². The van der Waals surface area contributed by atoms with E-state index in [1.54, 1.807) is 0 Å². The first kappa shape index (κ1) is 28.7. The third kappa shape index (κ3) is 7.80. The lowest BCUT2D eigenvalue weighted by atomic mass is 9.75. The van der Waals surface area contributed by atoms with Crippen molar-refractivity contribution in [2.75, 3.05) is 0 Å². The highest BCUT2D eigenvalue weighted by atomic mass is 16.7. The SMILES string of the molecule is CC(C)(OC(=O)OCc1ccc([N+](=O)[O-])cc1)[C@@H]1C(=O)N[C@@H]1CC(=O)CC(=O)OCc1ccc([N+](=O)[O-])cc1. The lowest BCUT2D eigenvalue weighted by Gasteiger charge is -2.44. The number of hydrogen-bond acceptors (Lipinski definition) is 11.